The van der Waals surface area contributed by atoms with Gasteiger partial charge in [-0.05, 0) is 29.7 Å². The van der Waals surface area contributed by atoms with E-state index in [1.54, 1.807) is 6.07 Å². The molecule has 159 valence electrons. The molecule has 0 fully saturated rings. The van der Waals surface area contributed by atoms with Gasteiger partial charge in [0.2, 0.25) is 0 Å². The standard InChI is InChI=1S/C21H21ClN2O2.C2H6.CH3.Y/c1-13(2)19-20(25)18(16-10-6-4-8-14(16)3)21(26)24(23-19)12-15-9-5-7-11-17(15)22;1-2;;/h4-11,13,25H,12H2,1-3H3;1-2H3;1H3;/q;;-1;. The maximum absolute atomic E-state index is 13.1. The number of aromatic nitrogens is 2. The predicted molar refractivity (Wildman–Crippen MR) is 123 cm³/mol. The van der Waals surface area contributed by atoms with Crippen LogP contribution in [0.2, 0.25) is 5.02 Å². The van der Waals surface area contributed by atoms with Crippen LogP contribution < -0.4 is 5.56 Å². The molecule has 1 N–H and O–H groups in total. The number of hydrogen-bond acceptors (Lipinski definition) is 3. The monoisotopic (exact) mass is 502 g/mol. The summed E-state index contributed by atoms with van der Waals surface area (Å²) in [5.74, 6) is -0.0782. The van der Waals surface area contributed by atoms with E-state index in [0.717, 1.165) is 11.1 Å². The van der Waals surface area contributed by atoms with Crippen molar-refractivity contribution in [1.82, 2.24) is 9.78 Å². The summed E-state index contributed by atoms with van der Waals surface area (Å²) in [6, 6.07) is 14.9. The van der Waals surface area contributed by atoms with Crippen molar-refractivity contribution in [1.29, 1.82) is 0 Å². The summed E-state index contributed by atoms with van der Waals surface area (Å²) in [5.41, 5.74) is 2.89. The fourth-order valence-electron chi connectivity index (χ4n) is 2.96. The molecule has 1 aromatic heterocycles. The molecule has 0 amide bonds. The second kappa shape index (κ2) is 13.0. The zero-order chi connectivity index (χ0) is 20.8. The maximum atomic E-state index is 13.1. The Kier molecular flexibility index (Phi) is 12.4. The Morgan fingerprint density at radius 2 is 1.63 bits per heavy atom. The first-order valence-corrected chi connectivity index (χ1v) is 9.91. The third kappa shape index (κ3) is 6.26. The van der Waals surface area contributed by atoms with Crippen LogP contribution in [-0.4, -0.2) is 14.9 Å². The molecule has 0 bridgehead atoms. The number of benzene rings is 2. The SMILES string of the molecule is CC.Cc1ccccc1-c1c(O)c(C(C)C)nn(Cc2ccccc2Cl)c1=O.[CH3-].[Y]. The van der Waals surface area contributed by atoms with E-state index in [1.807, 2.05) is 77.1 Å². The van der Waals surface area contributed by atoms with Gasteiger partial charge in [-0.2, -0.15) is 5.10 Å². The van der Waals surface area contributed by atoms with E-state index in [9.17, 15) is 9.90 Å². The second-order valence-corrected chi connectivity index (χ2v) is 7.04. The Labute approximate surface area is 210 Å². The van der Waals surface area contributed by atoms with Crippen LogP contribution in [0.15, 0.2) is 53.3 Å². The van der Waals surface area contributed by atoms with Gasteiger partial charge < -0.3 is 12.5 Å². The van der Waals surface area contributed by atoms with Crippen molar-refractivity contribution in [3.05, 3.63) is 88.2 Å². The van der Waals surface area contributed by atoms with E-state index in [1.165, 1.54) is 4.68 Å². The van der Waals surface area contributed by atoms with Crippen molar-refractivity contribution in [2.24, 2.45) is 0 Å². The number of halogens is 1. The van der Waals surface area contributed by atoms with Crippen molar-refractivity contribution >= 4 is 11.6 Å². The zero-order valence-corrected chi connectivity index (χ0v) is 22.2. The minimum absolute atomic E-state index is 0. The molecular formula is C24H30ClN2O2Y-. The first-order valence-electron chi connectivity index (χ1n) is 9.53. The van der Waals surface area contributed by atoms with Gasteiger partial charge in [-0.15, -0.1) is 0 Å². The predicted octanol–water partition coefficient (Wildman–Crippen LogP) is 6.22. The van der Waals surface area contributed by atoms with Crippen molar-refractivity contribution in [3.8, 4) is 16.9 Å². The smallest absolute Gasteiger partial charge is 0.278 e. The molecule has 30 heavy (non-hydrogen) atoms. The molecule has 1 radical (unpaired) electrons. The third-order valence-corrected chi connectivity index (χ3v) is 4.76. The number of hydrogen-bond donors (Lipinski definition) is 1. The number of aromatic hydroxyl groups is 1. The fraction of sp³-hybridized carbons (Fsp3) is 0.292. The fourth-order valence-corrected chi connectivity index (χ4v) is 3.16. The van der Waals surface area contributed by atoms with Gasteiger partial charge in [0.25, 0.3) is 5.56 Å². The van der Waals surface area contributed by atoms with Crippen molar-refractivity contribution in [2.45, 2.75) is 47.1 Å². The summed E-state index contributed by atoms with van der Waals surface area (Å²) in [7, 11) is 0. The molecule has 6 heteroatoms. The van der Waals surface area contributed by atoms with Crippen LogP contribution in [0.1, 0.15) is 50.4 Å². The summed E-state index contributed by atoms with van der Waals surface area (Å²) in [4.78, 5) is 13.1. The average molecular weight is 503 g/mol. The molecule has 2 aromatic carbocycles. The van der Waals surface area contributed by atoms with Gasteiger partial charge in [-0.25, -0.2) is 4.68 Å². The minimum Gasteiger partial charge on any atom is -0.505 e. The van der Waals surface area contributed by atoms with Gasteiger partial charge in [-0.3, -0.25) is 4.79 Å². The molecule has 3 rings (SSSR count). The first-order chi connectivity index (χ1) is 13.4. The Morgan fingerprint density at radius 1 is 1.07 bits per heavy atom. The molecule has 4 nitrogen and oxygen atoms in total. The average Bonchev–Trinajstić information content (AvgIpc) is 2.68. The third-order valence-electron chi connectivity index (χ3n) is 4.40. The van der Waals surface area contributed by atoms with Gasteiger partial charge in [0.05, 0.1) is 12.1 Å². The van der Waals surface area contributed by atoms with Crippen LogP contribution >= 0.6 is 11.6 Å². The van der Waals surface area contributed by atoms with E-state index in [-0.39, 0.29) is 69.5 Å². The summed E-state index contributed by atoms with van der Waals surface area (Å²) >= 11 is 6.25. The molecule has 0 unspecified atom stereocenters. The normalized spacial score (nSPS) is 9.83. The van der Waals surface area contributed by atoms with Gasteiger partial charge in [0.1, 0.15) is 5.69 Å². The number of rotatable bonds is 4. The number of nitrogens with zero attached hydrogens (tertiary/aromatic N) is 2. The summed E-state index contributed by atoms with van der Waals surface area (Å²) in [6.45, 7) is 10.0. The molecule has 0 aliphatic rings. The largest absolute Gasteiger partial charge is 0.505 e. The quantitative estimate of drug-likeness (QED) is 0.431. The van der Waals surface area contributed by atoms with E-state index in [4.69, 9.17) is 11.6 Å². The van der Waals surface area contributed by atoms with Crippen LogP contribution in [0.25, 0.3) is 11.1 Å². The first kappa shape index (κ1) is 28.5. The summed E-state index contributed by atoms with van der Waals surface area (Å²) in [6.07, 6.45) is 0. The van der Waals surface area contributed by atoms with Gasteiger partial charge in [0.15, 0.2) is 5.75 Å². The van der Waals surface area contributed by atoms with Crippen molar-refractivity contribution in [3.63, 3.8) is 0 Å². The Bertz CT molecular complexity index is 1020. The zero-order valence-electron chi connectivity index (χ0n) is 18.6. The molecule has 0 saturated heterocycles. The van der Waals surface area contributed by atoms with Crippen LogP contribution in [0.5, 0.6) is 5.75 Å². The van der Waals surface area contributed by atoms with E-state index < -0.39 is 0 Å². The molecule has 0 aliphatic carbocycles. The van der Waals surface area contributed by atoms with Crippen molar-refractivity contribution < 1.29 is 37.8 Å². The van der Waals surface area contributed by atoms with Crippen molar-refractivity contribution in [2.75, 3.05) is 0 Å². The molecule has 0 spiro atoms. The van der Waals surface area contributed by atoms with Crippen LogP contribution in [-0.2, 0) is 39.3 Å². The van der Waals surface area contributed by atoms with Crippen LogP contribution in [0.3, 0.4) is 0 Å². The minimum atomic E-state index is -0.332. The Balaban J connectivity index is 0.00000204. The van der Waals surface area contributed by atoms with Crippen LogP contribution in [0, 0.1) is 14.4 Å². The molecular weight excluding hydrogens is 473 g/mol. The Morgan fingerprint density at radius 3 is 2.20 bits per heavy atom. The summed E-state index contributed by atoms with van der Waals surface area (Å²) in [5, 5.41) is 15.8. The second-order valence-electron chi connectivity index (χ2n) is 6.63. The van der Waals surface area contributed by atoms with E-state index in [2.05, 4.69) is 5.10 Å². The van der Waals surface area contributed by atoms with E-state index in [0.29, 0.717) is 16.3 Å². The summed E-state index contributed by atoms with van der Waals surface area (Å²) < 4.78 is 1.39. The maximum Gasteiger partial charge on any atom is 0.278 e. The molecule has 1 heterocycles. The van der Waals surface area contributed by atoms with Gasteiger partial charge >= 0.3 is 0 Å². The molecule has 0 saturated carbocycles. The Hall–Kier alpha value is -1.49. The van der Waals surface area contributed by atoms with E-state index >= 15 is 0 Å². The molecule has 0 aliphatic heterocycles. The number of aryl methyl sites for hydroxylation is 1. The molecule has 0 atom stereocenters. The van der Waals surface area contributed by atoms with Gasteiger partial charge in [-0.1, -0.05) is 81.8 Å². The van der Waals surface area contributed by atoms with Gasteiger partial charge in [0, 0.05) is 43.6 Å². The molecule has 3 aromatic rings. The topological polar surface area (TPSA) is 55.1 Å². The van der Waals surface area contributed by atoms with Crippen LogP contribution in [0.4, 0.5) is 0 Å².